The summed E-state index contributed by atoms with van der Waals surface area (Å²) in [4.78, 5) is 12.9. The predicted molar refractivity (Wildman–Crippen MR) is 130 cm³/mol. The maximum atomic E-state index is 13.8. The van der Waals surface area contributed by atoms with Crippen LogP contribution >= 0.6 is 0 Å². The lowest BCUT2D eigenvalue weighted by Crippen LogP contribution is -2.32. The number of halogens is 1. The van der Waals surface area contributed by atoms with Gasteiger partial charge in [0.05, 0.1) is 23.0 Å². The lowest BCUT2D eigenvalue weighted by atomic mass is 9.91. The summed E-state index contributed by atoms with van der Waals surface area (Å²) in [6.07, 6.45) is 6.42. The van der Waals surface area contributed by atoms with Crippen molar-refractivity contribution in [3.8, 4) is 0 Å². The lowest BCUT2D eigenvalue weighted by Gasteiger charge is -2.24. The third-order valence-electron chi connectivity index (χ3n) is 8.23. The van der Waals surface area contributed by atoms with Gasteiger partial charge in [0.2, 0.25) is 0 Å². The van der Waals surface area contributed by atoms with E-state index in [2.05, 4.69) is 25.7 Å². The van der Waals surface area contributed by atoms with Crippen LogP contribution < -0.4 is 11.5 Å². The quantitative estimate of drug-likeness (QED) is 0.460. The second kappa shape index (κ2) is 6.89. The molecule has 3 aromatic heterocycles. The van der Waals surface area contributed by atoms with Crippen LogP contribution in [0.15, 0.2) is 42.9 Å². The molecule has 1 aliphatic heterocycles. The molecule has 35 heavy (non-hydrogen) atoms. The van der Waals surface area contributed by atoms with Gasteiger partial charge in [0.25, 0.3) is 0 Å². The van der Waals surface area contributed by atoms with E-state index in [4.69, 9.17) is 20.9 Å². The lowest BCUT2D eigenvalue weighted by molar-refractivity contribution is -0.161. The van der Waals surface area contributed by atoms with Gasteiger partial charge in [-0.25, -0.2) is 19.3 Å². The van der Waals surface area contributed by atoms with Crippen molar-refractivity contribution in [2.45, 2.75) is 57.1 Å². The van der Waals surface area contributed by atoms with Gasteiger partial charge in [-0.15, -0.1) is 0 Å². The molecule has 0 bridgehead atoms. The van der Waals surface area contributed by atoms with E-state index >= 15 is 0 Å². The van der Waals surface area contributed by atoms with Crippen LogP contribution in [0.3, 0.4) is 0 Å². The number of nitrogens with zero attached hydrogens (tertiary/aromatic N) is 4. The summed E-state index contributed by atoms with van der Waals surface area (Å²) in [6, 6.07) is 9.52. The van der Waals surface area contributed by atoms with Crippen LogP contribution in [-0.4, -0.2) is 37.5 Å². The molecule has 0 amide bonds. The van der Waals surface area contributed by atoms with Crippen molar-refractivity contribution >= 4 is 33.6 Å². The standard InChI is InChI=1S/C26H27FN6O2/c1-25(2)34-20-19(33-8-6-15-22(28)30-12-31-24(15)33)16-11-26(16,21(20)35-25)7-5-13-3-4-14-10-17(27)23(29)32-18(14)9-13/h3-4,6,8-10,12,16,19-21H,5,7,11H2,1-2H3,(H2,29,32)(H2,28,30,31)/t16-,19-,20+,21+,26+/m1/s1. The molecule has 5 atom stereocenters. The van der Waals surface area contributed by atoms with Crippen molar-refractivity contribution in [3.05, 3.63) is 54.2 Å². The number of ether oxygens (including phenoxy) is 2. The van der Waals surface area contributed by atoms with Crippen molar-refractivity contribution in [3.63, 3.8) is 0 Å². The van der Waals surface area contributed by atoms with Crippen molar-refractivity contribution in [1.29, 1.82) is 0 Å². The zero-order valence-electron chi connectivity index (χ0n) is 19.6. The van der Waals surface area contributed by atoms with Crippen molar-refractivity contribution in [1.82, 2.24) is 19.5 Å². The minimum Gasteiger partial charge on any atom is -0.383 e. The highest BCUT2D eigenvalue weighted by molar-refractivity contribution is 5.86. The molecule has 0 unspecified atom stereocenters. The summed E-state index contributed by atoms with van der Waals surface area (Å²) in [5, 5.41) is 1.61. The molecule has 1 saturated heterocycles. The first kappa shape index (κ1) is 21.0. The Balaban J connectivity index is 1.21. The first-order valence-electron chi connectivity index (χ1n) is 12.0. The second-order valence-corrected chi connectivity index (χ2v) is 10.7. The molecular weight excluding hydrogens is 447 g/mol. The van der Waals surface area contributed by atoms with Gasteiger partial charge in [-0.3, -0.25) is 0 Å². The van der Waals surface area contributed by atoms with Crippen molar-refractivity contribution < 1.29 is 13.9 Å². The SMILES string of the molecule is CC1(C)O[C@H]2[C@H](n3ccc4c(N)ncnc43)[C@H]3C[C@]3(CCc3ccc4cc(F)c(N)nc4c3)[C@H]2O1. The molecule has 2 saturated carbocycles. The molecule has 1 aromatic carbocycles. The number of hydrogen-bond acceptors (Lipinski definition) is 7. The molecule has 8 nitrogen and oxygen atoms in total. The summed E-state index contributed by atoms with van der Waals surface area (Å²) >= 11 is 0. The number of fused-ring (bicyclic) bond motifs is 5. The van der Waals surface area contributed by atoms with Crippen LogP contribution in [0.1, 0.15) is 38.3 Å². The van der Waals surface area contributed by atoms with E-state index < -0.39 is 11.6 Å². The summed E-state index contributed by atoms with van der Waals surface area (Å²) in [7, 11) is 0. The van der Waals surface area contributed by atoms with Gasteiger partial charge in [0.15, 0.2) is 17.4 Å². The molecule has 0 spiro atoms. The first-order chi connectivity index (χ1) is 16.8. The molecule has 180 valence electrons. The highest BCUT2D eigenvalue weighted by Crippen LogP contribution is 2.73. The van der Waals surface area contributed by atoms with Gasteiger partial charge >= 0.3 is 0 Å². The van der Waals surface area contributed by atoms with E-state index in [9.17, 15) is 4.39 Å². The number of nitrogens with two attached hydrogens (primary N) is 2. The van der Waals surface area contributed by atoms with Gasteiger partial charge < -0.3 is 25.5 Å². The van der Waals surface area contributed by atoms with Crippen LogP contribution in [0.4, 0.5) is 16.0 Å². The van der Waals surface area contributed by atoms with Crippen molar-refractivity contribution in [2.75, 3.05) is 11.5 Å². The smallest absolute Gasteiger partial charge is 0.165 e. The van der Waals surface area contributed by atoms with Gasteiger partial charge in [0, 0.05) is 17.0 Å². The average Bonchev–Trinajstić information content (AvgIpc) is 3.07. The molecular formula is C26H27FN6O2. The Labute approximate surface area is 201 Å². The first-order valence-corrected chi connectivity index (χ1v) is 12.0. The summed E-state index contributed by atoms with van der Waals surface area (Å²) in [5.74, 6) is -0.291. The Morgan fingerprint density at radius 2 is 1.97 bits per heavy atom. The average molecular weight is 475 g/mol. The largest absolute Gasteiger partial charge is 0.383 e. The van der Waals surface area contributed by atoms with Crippen molar-refractivity contribution in [2.24, 2.45) is 11.3 Å². The number of aryl methyl sites for hydroxylation is 1. The Bertz CT molecular complexity index is 1500. The van der Waals surface area contributed by atoms with Crippen LogP contribution in [0.2, 0.25) is 0 Å². The van der Waals surface area contributed by atoms with Crippen LogP contribution in [-0.2, 0) is 15.9 Å². The molecule has 4 N–H and O–H groups in total. The molecule has 0 radical (unpaired) electrons. The van der Waals surface area contributed by atoms with Gasteiger partial charge in [-0.2, -0.15) is 0 Å². The Morgan fingerprint density at radius 3 is 2.83 bits per heavy atom. The highest BCUT2D eigenvalue weighted by atomic mass is 19.1. The third kappa shape index (κ3) is 3.01. The number of nitrogen functional groups attached to an aromatic ring is 2. The molecule has 9 heteroatoms. The van der Waals surface area contributed by atoms with Gasteiger partial charge in [-0.1, -0.05) is 12.1 Å². The Morgan fingerprint density at radius 1 is 1.11 bits per heavy atom. The Hall–Kier alpha value is -3.30. The van der Waals surface area contributed by atoms with E-state index in [1.165, 1.54) is 12.4 Å². The van der Waals surface area contributed by atoms with Crippen LogP contribution in [0.25, 0.3) is 21.9 Å². The number of hydrogen-bond donors (Lipinski definition) is 2. The fourth-order valence-corrected chi connectivity index (χ4v) is 6.60. The van der Waals surface area contributed by atoms with Crippen LogP contribution in [0.5, 0.6) is 0 Å². The van der Waals surface area contributed by atoms with E-state index in [0.717, 1.165) is 41.2 Å². The normalized spacial score (nSPS) is 30.6. The number of rotatable bonds is 4. The van der Waals surface area contributed by atoms with E-state index in [1.807, 2.05) is 38.1 Å². The second-order valence-electron chi connectivity index (χ2n) is 10.7. The molecule has 2 aliphatic carbocycles. The highest BCUT2D eigenvalue weighted by Gasteiger charge is 2.75. The predicted octanol–water partition coefficient (Wildman–Crippen LogP) is 4.00. The fourth-order valence-electron chi connectivity index (χ4n) is 6.60. The van der Waals surface area contributed by atoms with Crippen LogP contribution in [0, 0.1) is 17.2 Å². The molecule has 3 fully saturated rings. The number of aromatic nitrogens is 4. The molecule has 4 aromatic rings. The van der Waals surface area contributed by atoms with E-state index in [-0.39, 0.29) is 29.5 Å². The monoisotopic (exact) mass is 474 g/mol. The summed E-state index contributed by atoms with van der Waals surface area (Å²) in [5.41, 5.74) is 14.5. The number of pyridine rings is 1. The minimum atomic E-state index is -0.639. The molecule has 3 aliphatic rings. The third-order valence-corrected chi connectivity index (χ3v) is 8.23. The summed E-state index contributed by atoms with van der Waals surface area (Å²) in [6.45, 7) is 3.97. The Kier molecular flexibility index (Phi) is 4.14. The summed E-state index contributed by atoms with van der Waals surface area (Å²) < 4.78 is 29.0. The fraction of sp³-hybridized carbons (Fsp3) is 0.423. The molecule has 4 heterocycles. The van der Waals surface area contributed by atoms with E-state index in [0.29, 0.717) is 17.3 Å². The van der Waals surface area contributed by atoms with Gasteiger partial charge in [-0.05, 0) is 62.8 Å². The topological polar surface area (TPSA) is 114 Å². The van der Waals surface area contributed by atoms with Gasteiger partial charge in [0.1, 0.15) is 23.9 Å². The zero-order valence-corrected chi connectivity index (χ0v) is 19.6. The van der Waals surface area contributed by atoms with E-state index in [1.54, 1.807) is 0 Å². The number of anilines is 2. The number of benzene rings is 1. The zero-order chi connectivity index (χ0) is 24.1. The maximum Gasteiger partial charge on any atom is 0.165 e. The molecule has 7 rings (SSSR count). The maximum absolute atomic E-state index is 13.8. The minimum absolute atomic E-state index is 0.00690.